The van der Waals surface area contributed by atoms with Crippen LogP contribution in [-0.2, 0) is 0 Å². The number of amides is 1. The molecule has 1 aromatic heterocycles. The number of nitrogens with zero attached hydrogens (tertiary/aromatic N) is 2. The zero-order valence-electron chi connectivity index (χ0n) is 16.3. The van der Waals surface area contributed by atoms with Gasteiger partial charge in [-0.2, -0.15) is 5.26 Å². The van der Waals surface area contributed by atoms with E-state index in [1.54, 1.807) is 31.2 Å². The van der Waals surface area contributed by atoms with Crippen molar-refractivity contribution in [2.45, 2.75) is 39.3 Å². The summed E-state index contributed by atoms with van der Waals surface area (Å²) in [6, 6.07) is 8.65. The topological polar surface area (TPSA) is 127 Å². The summed E-state index contributed by atoms with van der Waals surface area (Å²) >= 11 is 0. The maximum absolute atomic E-state index is 14.5. The van der Waals surface area contributed by atoms with Crippen LogP contribution in [0.2, 0.25) is 0 Å². The van der Waals surface area contributed by atoms with E-state index in [1.165, 1.54) is 6.92 Å². The van der Waals surface area contributed by atoms with Gasteiger partial charge in [0.15, 0.2) is 23.2 Å². The SMILES string of the molecule is CC[C@@H](Nc1nc(Nc2cccc(C(C)=O)c2)c(C#N)cc1F)[C@H](C)NC(=O)O. The van der Waals surface area contributed by atoms with E-state index in [-0.39, 0.29) is 23.0 Å². The second kappa shape index (κ2) is 9.50. The third-order valence-corrected chi connectivity index (χ3v) is 4.34. The van der Waals surface area contributed by atoms with Crippen molar-refractivity contribution in [3.8, 4) is 6.07 Å². The Hall–Kier alpha value is -3.67. The summed E-state index contributed by atoms with van der Waals surface area (Å²) in [5.74, 6) is -0.842. The number of ketones is 1. The summed E-state index contributed by atoms with van der Waals surface area (Å²) < 4.78 is 14.5. The van der Waals surface area contributed by atoms with Gasteiger partial charge in [0.25, 0.3) is 0 Å². The highest BCUT2D eigenvalue weighted by Gasteiger charge is 2.20. The zero-order chi connectivity index (χ0) is 21.6. The summed E-state index contributed by atoms with van der Waals surface area (Å²) in [5, 5.41) is 26.4. The molecule has 1 amide bonds. The Labute approximate surface area is 167 Å². The second-order valence-electron chi connectivity index (χ2n) is 6.49. The van der Waals surface area contributed by atoms with Crippen LogP contribution in [0.25, 0.3) is 0 Å². The molecule has 9 heteroatoms. The van der Waals surface area contributed by atoms with E-state index < -0.39 is 24.0 Å². The number of aromatic nitrogens is 1. The molecule has 29 heavy (non-hydrogen) atoms. The minimum atomic E-state index is -1.18. The smallest absolute Gasteiger partial charge is 0.404 e. The first-order valence-electron chi connectivity index (χ1n) is 8.99. The third-order valence-electron chi connectivity index (χ3n) is 4.34. The molecule has 0 bridgehead atoms. The van der Waals surface area contributed by atoms with E-state index in [1.807, 2.05) is 13.0 Å². The van der Waals surface area contributed by atoms with Gasteiger partial charge >= 0.3 is 6.09 Å². The predicted octanol–water partition coefficient (Wildman–Crippen LogP) is 3.89. The molecule has 0 aliphatic carbocycles. The Bertz CT molecular complexity index is 958. The Morgan fingerprint density at radius 3 is 2.62 bits per heavy atom. The quantitative estimate of drug-likeness (QED) is 0.496. The summed E-state index contributed by atoms with van der Waals surface area (Å²) in [6.07, 6.45) is -0.676. The van der Waals surface area contributed by atoms with Crippen molar-refractivity contribution in [2.75, 3.05) is 10.6 Å². The van der Waals surface area contributed by atoms with Crippen molar-refractivity contribution in [1.82, 2.24) is 10.3 Å². The average molecular weight is 399 g/mol. The molecular weight excluding hydrogens is 377 g/mol. The van der Waals surface area contributed by atoms with E-state index in [0.717, 1.165) is 6.07 Å². The molecule has 2 aromatic rings. The van der Waals surface area contributed by atoms with Crippen LogP contribution in [0.4, 0.5) is 26.5 Å². The minimum absolute atomic E-state index is 0.00830. The fourth-order valence-electron chi connectivity index (χ4n) is 2.77. The number of nitrogens with one attached hydrogen (secondary N) is 3. The van der Waals surface area contributed by atoms with Gasteiger partial charge in [-0.15, -0.1) is 0 Å². The Morgan fingerprint density at radius 2 is 2.03 bits per heavy atom. The Balaban J connectivity index is 2.34. The van der Waals surface area contributed by atoms with Crippen molar-refractivity contribution < 1.29 is 19.1 Å². The molecule has 8 nitrogen and oxygen atoms in total. The normalized spacial score (nSPS) is 12.4. The second-order valence-corrected chi connectivity index (χ2v) is 6.49. The first kappa shape index (κ1) is 21.6. The lowest BCUT2D eigenvalue weighted by Crippen LogP contribution is -2.44. The number of carboxylic acid groups (broad SMARTS) is 1. The van der Waals surface area contributed by atoms with Gasteiger partial charge in [0.05, 0.1) is 5.56 Å². The highest BCUT2D eigenvalue weighted by molar-refractivity contribution is 5.95. The highest BCUT2D eigenvalue weighted by Crippen LogP contribution is 2.25. The lowest BCUT2D eigenvalue weighted by atomic mass is 10.1. The predicted molar refractivity (Wildman–Crippen MR) is 107 cm³/mol. The molecule has 0 radical (unpaired) electrons. The van der Waals surface area contributed by atoms with E-state index in [2.05, 4.69) is 20.9 Å². The van der Waals surface area contributed by atoms with Gasteiger partial charge in [-0.25, -0.2) is 14.2 Å². The standard InChI is InChI=1S/C20H22FN5O3/c1-4-17(11(2)23-20(28)29)25-19-16(21)9-14(10-22)18(26-19)24-15-7-5-6-13(8-15)12(3)27/h5-9,11,17,23H,4H2,1-3H3,(H,28,29)(H2,24,25,26)/t11-,17+/m0/s1. The molecule has 4 N–H and O–H groups in total. The lowest BCUT2D eigenvalue weighted by Gasteiger charge is -2.25. The number of carbonyl (C=O) groups excluding carboxylic acids is 1. The molecule has 0 saturated heterocycles. The van der Waals surface area contributed by atoms with Crippen LogP contribution >= 0.6 is 0 Å². The molecule has 1 heterocycles. The van der Waals surface area contributed by atoms with Gasteiger partial charge in [0.1, 0.15) is 6.07 Å². The molecule has 2 atom stereocenters. The number of Topliss-reactive ketones (excluding diaryl/α,β-unsaturated/α-hetero) is 1. The molecule has 0 fully saturated rings. The van der Waals surface area contributed by atoms with Gasteiger partial charge in [0.2, 0.25) is 0 Å². The lowest BCUT2D eigenvalue weighted by molar-refractivity contribution is 0.101. The number of halogens is 1. The number of rotatable bonds is 8. The molecule has 0 unspecified atom stereocenters. The van der Waals surface area contributed by atoms with Crippen LogP contribution in [0, 0.1) is 17.1 Å². The van der Waals surface area contributed by atoms with E-state index in [0.29, 0.717) is 17.7 Å². The first-order chi connectivity index (χ1) is 13.7. The molecule has 152 valence electrons. The van der Waals surface area contributed by atoms with E-state index in [4.69, 9.17) is 5.11 Å². The number of pyridine rings is 1. The monoisotopic (exact) mass is 399 g/mol. The van der Waals surface area contributed by atoms with E-state index >= 15 is 0 Å². The maximum atomic E-state index is 14.5. The number of hydrogen-bond donors (Lipinski definition) is 4. The van der Waals surface area contributed by atoms with Crippen LogP contribution in [0.5, 0.6) is 0 Å². The van der Waals surface area contributed by atoms with Gasteiger partial charge in [-0.3, -0.25) is 4.79 Å². The highest BCUT2D eigenvalue weighted by atomic mass is 19.1. The van der Waals surface area contributed by atoms with E-state index in [9.17, 15) is 19.2 Å². The summed E-state index contributed by atoms with van der Waals surface area (Å²) in [5.41, 5.74) is 0.992. The van der Waals surface area contributed by atoms with Gasteiger partial charge in [-0.1, -0.05) is 19.1 Å². The molecule has 0 saturated carbocycles. The van der Waals surface area contributed by atoms with Crippen LogP contribution in [0.1, 0.15) is 43.1 Å². The molecule has 1 aromatic carbocycles. The fourth-order valence-corrected chi connectivity index (χ4v) is 2.77. The number of anilines is 3. The largest absolute Gasteiger partial charge is 0.465 e. The summed E-state index contributed by atoms with van der Waals surface area (Å²) in [4.78, 5) is 26.6. The molecule has 0 aliphatic rings. The minimum Gasteiger partial charge on any atom is -0.465 e. The summed E-state index contributed by atoms with van der Waals surface area (Å²) in [7, 11) is 0. The van der Waals surface area contributed by atoms with Crippen LogP contribution in [0.3, 0.4) is 0 Å². The van der Waals surface area contributed by atoms with Crippen LogP contribution in [-0.4, -0.2) is 34.1 Å². The van der Waals surface area contributed by atoms with Gasteiger partial charge in [0, 0.05) is 23.3 Å². The molecule has 0 spiro atoms. The Morgan fingerprint density at radius 1 is 1.31 bits per heavy atom. The number of benzene rings is 1. The van der Waals surface area contributed by atoms with Crippen LogP contribution < -0.4 is 16.0 Å². The van der Waals surface area contributed by atoms with Crippen molar-refractivity contribution in [3.63, 3.8) is 0 Å². The number of carbonyl (C=O) groups is 2. The van der Waals surface area contributed by atoms with Crippen molar-refractivity contribution in [1.29, 1.82) is 5.26 Å². The van der Waals surface area contributed by atoms with Crippen molar-refractivity contribution in [2.24, 2.45) is 0 Å². The molecular formula is C20H22FN5O3. The van der Waals surface area contributed by atoms with Crippen LogP contribution in [0.15, 0.2) is 30.3 Å². The van der Waals surface area contributed by atoms with Crippen molar-refractivity contribution in [3.05, 3.63) is 47.3 Å². The summed E-state index contributed by atoms with van der Waals surface area (Å²) in [6.45, 7) is 4.92. The molecule has 2 rings (SSSR count). The fraction of sp³-hybridized carbons (Fsp3) is 0.300. The van der Waals surface area contributed by atoms with Crippen molar-refractivity contribution >= 4 is 29.2 Å². The Kier molecular flexibility index (Phi) is 7.09. The van der Waals surface area contributed by atoms with Gasteiger partial charge in [-0.05, 0) is 38.5 Å². The third kappa shape index (κ3) is 5.65. The number of nitriles is 1. The zero-order valence-corrected chi connectivity index (χ0v) is 16.3. The number of hydrogen-bond acceptors (Lipinski definition) is 6. The molecule has 0 aliphatic heterocycles. The average Bonchev–Trinajstić information content (AvgIpc) is 2.67. The maximum Gasteiger partial charge on any atom is 0.404 e. The first-order valence-corrected chi connectivity index (χ1v) is 8.99. The van der Waals surface area contributed by atoms with Gasteiger partial charge < -0.3 is 21.1 Å².